The lowest BCUT2D eigenvalue weighted by Crippen LogP contribution is -2.18. The standard InChI is InChI=1S/C13H14ClN3O2/c1-17-13(9(14)7-16-17)12(15)8-2-3-10-11(6-8)19-5-4-18-10/h2-3,6-7,12H,4-5,15H2,1H3. The summed E-state index contributed by atoms with van der Waals surface area (Å²) in [5, 5.41) is 4.66. The second-order valence-electron chi connectivity index (χ2n) is 4.38. The number of ether oxygens (including phenoxy) is 2. The second kappa shape index (κ2) is 4.75. The fourth-order valence-electron chi connectivity index (χ4n) is 2.18. The van der Waals surface area contributed by atoms with Crippen LogP contribution in [-0.4, -0.2) is 23.0 Å². The molecule has 6 heteroatoms. The van der Waals surface area contributed by atoms with Crippen molar-refractivity contribution in [2.45, 2.75) is 6.04 Å². The first-order chi connectivity index (χ1) is 9.16. The number of aromatic nitrogens is 2. The van der Waals surface area contributed by atoms with Crippen LogP contribution in [0.3, 0.4) is 0 Å². The third-order valence-electron chi connectivity index (χ3n) is 3.16. The topological polar surface area (TPSA) is 62.3 Å². The molecule has 1 aliphatic heterocycles. The summed E-state index contributed by atoms with van der Waals surface area (Å²) in [6.45, 7) is 1.13. The minimum atomic E-state index is -0.351. The van der Waals surface area contributed by atoms with Gasteiger partial charge in [-0.15, -0.1) is 0 Å². The number of hydrogen-bond acceptors (Lipinski definition) is 4. The Morgan fingerprint density at radius 3 is 2.74 bits per heavy atom. The van der Waals surface area contributed by atoms with Crippen LogP contribution in [0.1, 0.15) is 17.3 Å². The molecule has 1 unspecified atom stereocenters. The zero-order valence-electron chi connectivity index (χ0n) is 10.5. The summed E-state index contributed by atoms with van der Waals surface area (Å²) in [4.78, 5) is 0. The van der Waals surface area contributed by atoms with Crippen molar-refractivity contribution in [3.05, 3.63) is 40.7 Å². The van der Waals surface area contributed by atoms with Crippen LogP contribution in [0.25, 0.3) is 0 Å². The maximum absolute atomic E-state index is 6.25. The zero-order valence-corrected chi connectivity index (χ0v) is 11.2. The van der Waals surface area contributed by atoms with Crippen LogP contribution in [0.2, 0.25) is 5.02 Å². The molecular formula is C13H14ClN3O2. The smallest absolute Gasteiger partial charge is 0.161 e. The number of halogens is 1. The number of rotatable bonds is 2. The lowest BCUT2D eigenvalue weighted by Gasteiger charge is -2.20. The Labute approximate surface area is 115 Å². The van der Waals surface area contributed by atoms with E-state index >= 15 is 0 Å². The first-order valence-electron chi connectivity index (χ1n) is 5.99. The molecule has 2 N–H and O–H groups in total. The second-order valence-corrected chi connectivity index (χ2v) is 4.79. The largest absolute Gasteiger partial charge is 0.486 e. The molecule has 0 spiro atoms. The highest BCUT2D eigenvalue weighted by atomic mass is 35.5. The predicted octanol–water partition coefficient (Wildman–Crippen LogP) is 1.89. The van der Waals surface area contributed by atoms with E-state index in [4.69, 9.17) is 26.8 Å². The fourth-order valence-corrected chi connectivity index (χ4v) is 2.46. The molecule has 1 aromatic carbocycles. The van der Waals surface area contributed by atoms with Crippen LogP contribution < -0.4 is 15.2 Å². The summed E-state index contributed by atoms with van der Waals surface area (Å²) in [5.41, 5.74) is 7.94. The Morgan fingerprint density at radius 1 is 1.32 bits per heavy atom. The van der Waals surface area contributed by atoms with Gasteiger partial charge in [0.1, 0.15) is 13.2 Å². The molecule has 0 radical (unpaired) electrons. The SMILES string of the molecule is Cn1ncc(Cl)c1C(N)c1ccc2c(c1)OCCO2. The lowest BCUT2D eigenvalue weighted by molar-refractivity contribution is 0.171. The fraction of sp³-hybridized carbons (Fsp3) is 0.308. The van der Waals surface area contributed by atoms with Crippen molar-refractivity contribution >= 4 is 11.6 Å². The van der Waals surface area contributed by atoms with Crippen LogP contribution in [0.4, 0.5) is 0 Å². The van der Waals surface area contributed by atoms with E-state index in [2.05, 4.69) is 5.10 Å². The molecule has 0 saturated heterocycles. The van der Waals surface area contributed by atoms with Crippen molar-refractivity contribution in [3.63, 3.8) is 0 Å². The Morgan fingerprint density at radius 2 is 2.05 bits per heavy atom. The van der Waals surface area contributed by atoms with Crippen LogP contribution in [0.15, 0.2) is 24.4 Å². The number of benzene rings is 1. The summed E-state index contributed by atoms with van der Waals surface area (Å²) in [5.74, 6) is 1.47. The van der Waals surface area contributed by atoms with Gasteiger partial charge in [0.2, 0.25) is 0 Å². The van der Waals surface area contributed by atoms with Gasteiger partial charge >= 0.3 is 0 Å². The van der Waals surface area contributed by atoms with Gasteiger partial charge in [0.05, 0.1) is 23.0 Å². The van der Waals surface area contributed by atoms with E-state index in [9.17, 15) is 0 Å². The Balaban J connectivity index is 1.98. The van der Waals surface area contributed by atoms with Crippen molar-refractivity contribution in [1.29, 1.82) is 0 Å². The average Bonchev–Trinajstić information content (AvgIpc) is 2.77. The Bertz CT molecular complexity index is 592. The molecule has 2 aromatic rings. The van der Waals surface area contributed by atoms with Gasteiger partial charge in [-0.05, 0) is 17.7 Å². The molecule has 1 atom stereocenters. The summed E-state index contributed by atoms with van der Waals surface area (Å²) in [6.07, 6.45) is 1.59. The third kappa shape index (κ3) is 2.15. The minimum Gasteiger partial charge on any atom is -0.486 e. The Kier molecular flexibility index (Phi) is 3.08. The van der Waals surface area contributed by atoms with E-state index < -0.39 is 0 Å². The maximum atomic E-state index is 6.25. The van der Waals surface area contributed by atoms with Gasteiger partial charge in [-0.1, -0.05) is 17.7 Å². The molecular weight excluding hydrogens is 266 g/mol. The molecule has 1 aromatic heterocycles. The van der Waals surface area contributed by atoms with E-state index in [1.165, 1.54) is 0 Å². The van der Waals surface area contributed by atoms with E-state index in [1.54, 1.807) is 10.9 Å². The van der Waals surface area contributed by atoms with E-state index in [0.717, 1.165) is 22.8 Å². The molecule has 5 nitrogen and oxygen atoms in total. The summed E-state index contributed by atoms with van der Waals surface area (Å²) < 4.78 is 12.7. The molecule has 0 amide bonds. The van der Waals surface area contributed by atoms with E-state index in [1.807, 2.05) is 25.2 Å². The predicted molar refractivity (Wildman–Crippen MR) is 71.7 cm³/mol. The van der Waals surface area contributed by atoms with Crippen molar-refractivity contribution in [2.24, 2.45) is 12.8 Å². The monoisotopic (exact) mass is 279 g/mol. The minimum absolute atomic E-state index is 0.351. The highest BCUT2D eigenvalue weighted by molar-refractivity contribution is 6.31. The van der Waals surface area contributed by atoms with Crippen molar-refractivity contribution in [2.75, 3.05) is 13.2 Å². The summed E-state index contributed by atoms with van der Waals surface area (Å²) in [6, 6.07) is 5.33. The van der Waals surface area contributed by atoms with Gasteiger partial charge in [0.25, 0.3) is 0 Å². The van der Waals surface area contributed by atoms with Gasteiger partial charge in [0.15, 0.2) is 11.5 Å². The van der Waals surface area contributed by atoms with E-state index in [0.29, 0.717) is 18.2 Å². The summed E-state index contributed by atoms with van der Waals surface area (Å²) >= 11 is 6.11. The molecule has 0 fully saturated rings. The van der Waals surface area contributed by atoms with Crippen LogP contribution >= 0.6 is 11.6 Å². The van der Waals surface area contributed by atoms with Crippen molar-refractivity contribution in [1.82, 2.24) is 9.78 Å². The normalized spacial score (nSPS) is 15.3. The average molecular weight is 280 g/mol. The molecule has 2 heterocycles. The number of aryl methyl sites for hydroxylation is 1. The maximum Gasteiger partial charge on any atom is 0.161 e. The molecule has 1 aliphatic rings. The quantitative estimate of drug-likeness (QED) is 0.912. The summed E-state index contributed by atoms with van der Waals surface area (Å²) in [7, 11) is 1.82. The van der Waals surface area contributed by atoms with Crippen molar-refractivity contribution in [3.8, 4) is 11.5 Å². The molecule has 100 valence electrons. The van der Waals surface area contributed by atoms with E-state index in [-0.39, 0.29) is 6.04 Å². The van der Waals surface area contributed by atoms with Crippen LogP contribution in [-0.2, 0) is 7.05 Å². The van der Waals surface area contributed by atoms with Gasteiger partial charge < -0.3 is 15.2 Å². The zero-order chi connectivity index (χ0) is 13.4. The van der Waals surface area contributed by atoms with Crippen LogP contribution in [0, 0.1) is 0 Å². The molecule has 0 bridgehead atoms. The van der Waals surface area contributed by atoms with Gasteiger partial charge in [0, 0.05) is 7.05 Å². The third-order valence-corrected chi connectivity index (χ3v) is 3.45. The first-order valence-corrected chi connectivity index (χ1v) is 6.37. The molecule has 19 heavy (non-hydrogen) atoms. The number of hydrogen-bond donors (Lipinski definition) is 1. The lowest BCUT2D eigenvalue weighted by atomic mass is 10.0. The van der Waals surface area contributed by atoms with Gasteiger partial charge in [-0.25, -0.2) is 0 Å². The highest BCUT2D eigenvalue weighted by Gasteiger charge is 2.20. The van der Waals surface area contributed by atoms with Crippen molar-refractivity contribution < 1.29 is 9.47 Å². The molecule has 3 rings (SSSR count). The highest BCUT2D eigenvalue weighted by Crippen LogP contribution is 2.34. The Hall–Kier alpha value is -1.72. The molecule has 0 aliphatic carbocycles. The van der Waals surface area contributed by atoms with Gasteiger partial charge in [-0.2, -0.15) is 5.10 Å². The first kappa shape index (κ1) is 12.3. The number of fused-ring (bicyclic) bond motifs is 1. The number of nitrogens with two attached hydrogens (primary N) is 1. The van der Waals surface area contributed by atoms with Gasteiger partial charge in [-0.3, -0.25) is 4.68 Å². The number of nitrogens with zero attached hydrogens (tertiary/aromatic N) is 2. The van der Waals surface area contributed by atoms with Crippen LogP contribution in [0.5, 0.6) is 11.5 Å². The molecule has 0 saturated carbocycles.